The Kier molecular flexibility index (Phi) is 4.19. The van der Waals surface area contributed by atoms with E-state index in [4.69, 9.17) is 23.2 Å². The minimum atomic E-state index is 0.0603. The number of nitrogens with one attached hydrogen (secondary N) is 1. The zero-order valence-corrected chi connectivity index (χ0v) is 14.9. The lowest BCUT2D eigenvalue weighted by molar-refractivity contribution is 0.190. The number of amidine groups is 1. The van der Waals surface area contributed by atoms with Crippen LogP contribution in [0, 0.1) is 5.41 Å². The van der Waals surface area contributed by atoms with Crippen LogP contribution < -0.4 is 5.43 Å². The molecule has 2 aliphatic rings. The first-order valence-electron chi connectivity index (χ1n) is 6.99. The predicted octanol–water partition coefficient (Wildman–Crippen LogP) is 5.09. The second-order valence-electron chi connectivity index (χ2n) is 6.29. The lowest BCUT2D eigenvalue weighted by Crippen LogP contribution is -2.46. The molecule has 1 unspecified atom stereocenters. The summed E-state index contributed by atoms with van der Waals surface area (Å²) in [5.74, 6) is 0.925. The SMILES string of the molecule is CC(C)(C)C1NN=C2C=CC(Sc3c(Cl)cccc3Cl)=CN21. The molecule has 1 aromatic rings. The van der Waals surface area contributed by atoms with Gasteiger partial charge in [-0.2, -0.15) is 5.10 Å². The van der Waals surface area contributed by atoms with Crippen LogP contribution in [0.4, 0.5) is 0 Å². The molecule has 0 fully saturated rings. The van der Waals surface area contributed by atoms with Gasteiger partial charge in [0.1, 0.15) is 6.17 Å². The largest absolute Gasteiger partial charge is 0.308 e. The van der Waals surface area contributed by atoms with Crippen LogP contribution in [0.2, 0.25) is 10.0 Å². The van der Waals surface area contributed by atoms with Gasteiger partial charge in [0.05, 0.1) is 10.0 Å². The van der Waals surface area contributed by atoms with Gasteiger partial charge in [0.15, 0.2) is 5.84 Å². The number of benzene rings is 1. The molecule has 1 N–H and O–H groups in total. The van der Waals surface area contributed by atoms with E-state index in [1.165, 1.54) is 0 Å². The van der Waals surface area contributed by atoms with Gasteiger partial charge >= 0.3 is 0 Å². The molecule has 0 radical (unpaired) electrons. The fourth-order valence-electron chi connectivity index (χ4n) is 2.35. The van der Waals surface area contributed by atoms with E-state index in [1.807, 2.05) is 30.4 Å². The average molecular weight is 354 g/mol. The molecule has 0 aromatic heterocycles. The van der Waals surface area contributed by atoms with Gasteiger partial charge in [-0.3, -0.25) is 5.43 Å². The zero-order valence-electron chi connectivity index (χ0n) is 12.6. The first kappa shape index (κ1) is 15.8. The zero-order chi connectivity index (χ0) is 15.9. The van der Waals surface area contributed by atoms with Gasteiger partial charge < -0.3 is 4.90 Å². The molecule has 0 bridgehead atoms. The number of allylic oxidation sites excluding steroid dienone is 1. The van der Waals surface area contributed by atoms with Crippen molar-refractivity contribution in [2.75, 3.05) is 0 Å². The molecular formula is C16H17Cl2N3S. The fourth-order valence-corrected chi connectivity index (χ4v) is 3.85. The van der Waals surface area contributed by atoms with Gasteiger partial charge in [0, 0.05) is 21.4 Å². The molecular weight excluding hydrogens is 337 g/mol. The molecule has 2 heterocycles. The Morgan fingerprint density at radius 3 is 2.50 bits per heavy atom. The lowest BCUT2D eigenvalue weighted by Gasteiger charge is -2.34. The molecule has 0 amide bonds. The number of thioether (sulfide) groups is 1. The van der Waals surface area contributed by atoms with Crippen molar-refractivity contribution in [1.82, 2.24) is 10.3 Å². The average Bonchev–Trinajstić information content (AvgIpc) is 2.86. The van der Waals surface area contributed by atoms with Gasteiger partial charge in [-0.1, -0.05) is 61.8 Å². The highest BCUT2D eigenvalue weighted by Crippen LogP contribution is 2.40. The molecule has 1 atom stereocenters. The van der Waals surface area contributed by atoms with Gasteiger partial charge in [-0.25, -0.2) is 0 Å². The van der Waals surface area contributed by atoms with E-state index in [9.17, 15) is 0 Å². The Morgan fingerprint density at radius 2 is 1.86 bits per heavy atom. The quantitative estimate of drug-likeness (QED) is 0.802. The number of hydrazone groups is 1. The number of hydrogen-bond donors (Lipinski definition) is 1. The van der Waals surface area contributed by atoms with Crippen molar-refractivity contribution in [3.8, 4) is 0 Å². The maximum absolute atomic E-state index is 6.26. The van der Waals surface area contributed by atoms with Crippen molar-refractivity contribution in [1.29, 1.82) is 0 Å². The van der Waals surface area contributed by atoms with Crippen molar-refractivity contribution < 1.29 is 0 Å². The summed E-state index contributed by atoms with van der Waals surface area (Å²) in [5.41, 5.74) is 3.26. The number of halogens is 2. The van der Waals surface area contributed by atoms with Gasteiger partial charge in [0.2, 0.25) is 0 Å². The lowest BCUT2D eigenvalue weighted by atomic mass is 9.91. The summed E-state index contributed by atoms with van der Waals surface area (Å²) >= 11 is 14.1. The highest BCUT2D eigenvalue weighted by molar-refractivity contribution is 8.03. The van der Waals surface area contributed by atoms with E-state index in [1.54, 1.807) is 11.8 Å². The summed E-state index contributed by atoms with van der Waals surface area (Å²) in [7, 11) is 0. The summed E-state index contributed by atoms with van der Waals surface area (Å²) < 4.78 is 0. The molecule has 116 valence electrons. The molecule has 0 spiro atoms. The summed E-state index contributed by atoms with van der Waals surface area (Å²) in [6, 6.07) is 5.56. The van der Waals surface area contributed by atoms with E-state index in [2.05, 4.69) is 42.4 Å². The van der Waals surface area contributed by atoms with E-state index >= 15 is 0 Å². The number of hydrogen-bond acceptors (Lipinski definition) is 4. The molecule has 0 aliphatic carbocycles. The van der Waals surface area contributed by atoms with Crippen LogP contribution >= 0.6 is 35.0 Å². The van der Waals surface area contributed by atoms with Crippen molar-refractivity contribution in [2.45, 2.75) is 31.8 Å². The fraction of sp³-hybridized carbons (Fsp3) is 0.312. The van der Waals surface area contributed by atoms with Crippen LogP contribution in [0.5, 0.6) is 0 Å². The summed E-state index contributed by atoms with van der Waals surface area (Å²) in [4.78, 5) is 4.11. The van der Waals surface area contributed by atoms with Crippen molar-refractivity contribution >= 4 is 40.8 Å². The summed E-state index contributed by atoms with van der Waals surface area (Å²) in [6.07, 6.45) is 6.27. The molecule has 22 heavy (non-hydrogen) atoms. The number of fused-ring (bicyclic) bond motifs is 1. The Labute approximate surface area is 145 Å². The molecule has 3 rings (SSSR count). The van der Waals surface area contributed by atoms with E-state index in [0.29, 0.717) is 10.0 Å². The van der Waals surface area contributed by atoms with Crippen molar-refractivity contribution in [3.05, 3.63) is 51.5 Å². The highest BCUT2D eigenvalue weighted by atomic mass is 35.5. The molecule has 0 saturated heterocycles. The smallest absolute Gasteiger partial charge is 0.154 e. The number of rotatable bonds is 2. The minimum absolute atomic E-state index is 0.0603. The van der Waals surface area contributed by atoms with Crippen LogP contribution in [-0.4, -0.2) is 16.9 Å². The van der Waals surface area contributed by atoms with E-state index in [-0.39, 0.29) is 11.6 Å². The second-order valence-corrected chi connectivity index (χ2v) is 8.19. The Morgan fingerprint density at radius 1 is 1.18 bits per heavy atom. The van der Waals surface area contributed by atoms with Crippen LogP contribution in [0.25, 0.3) is 0 Å². The molecule has 3 nitrogen and oxygen atoms in total. The number of nitrogens with zero attached hydrogens (tertiary/aromatic N) is 2. The topological polar surface area (TPSA) is 27.6 Å². The normalized spacial score (nSPS) is 20.4. The van der Waals surface area contributed by atoms with Gasteiger partial charge in [0.25, 0.3) is 0 Å². The van der Waals surface area contributed by atoms with Gasteiger partial charge in [-0.15, -0.1) is 0 Å². The predicted molar refractivity (Wildman–Crippen MR) is 95.2 cm³/mol. The van der Waals surface area contributed by atoms with Crippen LogP contribution in [-0.2, 0) is 0 Å². The van der Waals surface area contributed by atoms with Crippen molar-refractivity contribution in [3.63, 3.8) is 0 Å². The third-order valence-electron chi connectivity index (χ3n) is 3.47. The van der Waals surface area contributed by atoms with Crippen molar-refractivity contribution in [2.24, 2.45) is 10.5 Å². The highest BCUT2D eigenvalue weighted by Gasteiger charge is 2.35. The van der Waals surface area contributed by atoms with Gasteiger partial charge in [-0.05, 0) is 24.3 Å². The molecule has 0 saturated carbocycles. The van der Waals surface area contributed by atoms with Crippen LogP contribution in [0.3, 0.4) is 0 Å². The summed E-state index contributed by atoms with van der Waals surface area (Å²) in [5, 5.41) is 5.71. The summed E-state index contributed by atoms with van der Waals surface area (Å²) in [6.45, 7) is 6.56. The first-order valence-corrected chi connectivity index (χ1v) is 8.57. The third kappa shape index (κ3) is 3.00. The molecule has 6 heteroatoms. The third-order valence-corrected chi connectivity index (χ3v) is 5.44. The first-order chi connectivity index (χ1) is 10.4. The Bertz CT molecular complexity index is 669. The minimum Gasteiger partial charge on any atom is -0.308 e. The Balaban J connectivity index is 1.87. The van der Waals surface area contributed by atoms with Crippen LogP contribution in [0.15, 0.2) is 51.5 Å². The standard InChI is InChI=1S/C16H17Cl2N3S/c1-16(2,3)15-20-19-13-8-7-10(9-21(13)15)22-14-11(17)5-4-6-12(14)18/h4-9,15,20H,1-3H3. The maximum Gasteiger partial charge on any atom is 0.154 e. The Hall–Kier alpha value is -1.10. The van der Waals surface area contributed by atoms with E-state index in [0.717, 1.165) is 15.6 Å². The van der Waals surface area contributed by atoms with Crippen LogP contribution in [0.1, 0.15) is 20.8 Å². The maximum atomic E-state index is 6.26. The molecule has 1 aromatic carbocycles. The molecule has 2 aliphatic heterocycles. The second kappa shape index (κ2) is 5.84. The van der Waals surface area contributed by atoms with E-state index < -0.39 is 0 Å². The monoisotopic (exact) mass is 353 g/mol.